The van der Waals surface area contributed by atoms with Gasteiger partial charge < -0.3 is 25.3 Å². The third-order valence-corrected chi connectivity index (χ3v) is 6.55. The molecule has 0 bridgehead atoms. The van der Waals surface area contributed by atoms with E-state index >= 15 is 0 Å². The minimum Gasteiger partial charge on any atom is -0.487 e. The molecule has 0 unspecified atom stereocenters. The molecule has 1 atom stereocenters. The molecule has 2 spiro atoms. The Labute approximate surface area is 182 Å². The van der Waals surface area contributed by atoms with E-state index in [1.165, 1.54) is 0 Å². The molecule has 168 valence electrons. The third-order valence-electron chi connectivity index (χ3n) is 6.55. The monoisotopic (exact) mass is 445 g/mol. The van der Waals surface area contributed by atoms with Crippen molar-refractivity contribution in [1.82, 2.24) is 9.97 Å². The molecule has 3 N–H and O–H groups in total. The summed E-state index contributed by atoms with van der Waals surface area (Å²) in [5.41, 5.74) is 4.55. The SMILES string of the molecule is CC1(C)Oc2ccc(NC(=O)c3cnc(C(F)F)cn3)cc2[C@@]2(COC(N)=N2)C12COC2. The zero-order valence-electron chi connectivity index (χ0n) is 17.4. The van der Waals surface area contributed by atoms with E-state index in [4.69, 9.17) is 24.9 Å². The maximum absolute atomic E-state index is 12.7. The van der Waals surface area contributed by atoms with Gasteiger partial charge in [0.1, 0.15) is 34.9 Å². The molecule has 11 heteroatoms. The van der Waals surface area contributed by atoms with Gasteiger partial charge in [0.2, 0.25) is 0 Å². The van der Waals surface area contributed by atoms with Crippen molar-refractivity contribution in [2.45, 2.75) is 31.4 Å². The highest BCUT2D eigenvalue weighted by molar-refractivity contribution is 6.02. The first-order valence-electron chi connectivity index (χ1n) is 9.98. The van der Waals surface area contributed by atoms with E-state index in [2.05, 4.69) is 15.3 Å². The maximum Gasteiger partial charge on any atom is 0.283 e. The Balaban J connectivity index is 1.51. The first-order valence-corrected chi connectivity index (χ1v) is 9.98. The standard InChI is InChI=1S/C21H21F2N5O4/c1-19(2)20(8-30-9-20)21(10-31-18(24)28-21)12-5-11(3-4-15(12)32-19)27-17(29)14-7-25-13(6-26-14)16(22)23/h3-7,16H,8-10H2,1-2H3,(H2,24,28)(H,27,29)/t21-/m0/s1. The number of anilines is 1. The summed E-state index contributed by atoms with van der Waals surface area (Å²) in [6.45, 7) is 5.04. The Kier molecular flexibility index (Phi) is 4.39. The number of aliphatic imine (C=N–C) groups is 1. The summed E-state index contributed by atoms with van der Waals surface area (Å²) >= 11 is 0. The van der Waals surface area contributed by atoms with Crippen molar-refractivity contribution < 1.29 is 27.8 Å². The van der Waals surface area contributed by atoms with Crippen molar-refractivity contribution in [2.24, 2.45) is 16.1 Å². The molecule has 1 fully saturated rings. The van der Waals surface area contributed by atoms with Crippen LogP contribution < -0.4 is 15.8 Å². The Morgan fingerprint density at radius 2 is 1.97 bits per heavy atom. The Bertz CT molecular complexity index is 1120. The van der Waals surface area contributed by atoms with E-state index in [1.807, 2.05) is 13.8 Å². The number of nitrogens with one attached hydrogen (secondary N) is 1. The molecule has 0 radical (unpaired) electrons. The molecular formula is C21H21F2N5O4. The largest absolute Gasteiger partial charge is 0.487 e. The fourth-order valence-corrected chi connectivity index (χ4v) is 4.62. The summed E-state index contributed by atoms with van der Waals surface area (Å²) in [6.07, 6.45) is -0.866. The number of ether oxygens (including phenoxy) is 3. The van der Waals surface area contributed by atoms with Crippen molar-refractivity contribution >= 4 is 17.6 Å². The van der Waals surface area contributed by atoms with Gasteiger partial charge in [0.05, 0.1) is 31.0 Å². The average Bonchev–Trinajstić information content (AvgIpc) is 3.09. The molecule has 1 amide bonds. The quantitative estimate of drug-likeness (QED) is 0.744. The zero-order chi connectivity index (χ0) is 22.7. The van der Waals surface area contributed by atoms with Crippen molar-refractivity contribution in [3.8, 4) is 5.75 Å². The predicted molar refractivity (Wildman–Crippen MR) is 109 cm³/mol. The predicted octanol–water partition coefficient (Wildman–Crippen LogP) is 2.39. The fourth-order valence-electron chi connectivity index (χ4n) is 4.62. The summed E-state index contributed by atoms with van der Waals surface area (Å²) in [5.74, 6) is 0.0189. The molecule has 9 nitrogen and oxygen atoms in total. The number of carbonyl (C=O) groups is 1. The van der Waals surface area contributed by atoms with Crippen LogP contribution >= 0.6 is 0 Å². The number of amidine groups is 1. The first-order chi connectivity index (χ1) is 15.2. The van der Waals surface area contributed by atoms with E-state index in [1.54, 1.807) is 18.2 Å². The van der Waals surface area contributed by atoms with Gasteiger partial charge in [-0.2, -0.15) is 0 Å². The van der Waals surface area contributed by atoms with Crippen molar-refractivity contribution in [2.75, 3.05) is 25.1 Å². The van der Waals surface area contributed by atoms with Crippen LogP contribution in [0, 0.1) is 5.41 Å². The molecule has 3 aliphatic rings. The number of hydrogen-bond acceptors (Lipinski definition) is 8. The topological polar surface area (TPSA) is 121 Å². The molecule has 2 aromatic rings. The maximum atomic E-state index is 12.7. The Hall–Kier alpha value is -3.34. The van der Waals surface area contributed by atoms with E-state index in [-0.39, 0.29) is 18.3 Å². The lowest BCUT2D eigenvalue weighted by Gasteiger charge is -2.61. The minimum atomic E-state index is -2.76. The van der Waals surface area contributed by atoms with Crippen LogP contribution in [0.25, 0.3) is 0 Å². The summed E-state index contributed by atoms with van der Waals surface area (Å²) in [6, 6.07) is 5.27. The molecule has 3 aliphatic heterocycles. The van der Waals surface area contributed by atoms with Crippen LogP contribution in [-0.4, -0.2) is 47.3 Å². The normalized spacial score (nSPS) is 24.3. The van der Waals surface area contributed by atoms with E-state index in [0.717, 1.165) is 18.0 Å². The number of hydrogen-bond donors (Lipinski definition) is 2. The number of amides is 1. The number of alkyl halides is 2. The van der Waals surface area contributed by atoms with Gasteiger partial charge in [-0.15, -0.1) is 0 Å². The van der Waals surface area contributed by atoms with Crippen LogP contribution in [0.2, 0.25) is 0 Å². The molecule has 1 aromatic carbocycles. The lowest BCUT2D eigenvalue weighted by Crippen LogP contribution is -2.71. The second-order valence-corrected chi connectivity index (χ2v) is 8.58. The van der Waals surface area contributed by atoms with Gasteiger partial charge in [-0.05, 0) is 32.0 Å². The third kappa shape index (κ3) is 2.77. The molecule has 1 aromatic heterocycles. The Morgan fingerprint density at radius 3 is 2.53 bits per heavy atom. The lowest BCUT2D eigenvalue weighted by molar-refractivity contribution is -0.247. The lowest BCUT2D eigenvalue weighted by atomic mass is 9.55. The fraction of sp³-hybridized carbons (Fsp3) is 0.429. The van der Waals surface area contributed by atoms with E-state index in [9.17, 15) is 13.6 Å². The molecule has 1 saturated heterocycles. The molecule has 0 saturated carbocycles. The van der Waals surface area contributed by atoms with Gasteiger partial charge in [0.15, 0.2) is 0 Å². The number of halogens is 2. The van der Waals surface area contributed by atoms with Gasteiger partial charge in [0.25, 0.3) is 18.4 Å². The van der Waals surface area contributed by atoms with Crippen LogP contribution in [0.3, 0.4) is 0 Å². The van der Waals surface area contributed by atoms with Crippen LogP contribution in [0.5, 0.6) is 5.75 Å². The highest BCUT2D eigenvalue weighted by atomic mass is 19.3. The molecule has 0 aliphatic carbocycles. The van der Waals surface area contributed by atoms with Crippen LogP contribution in [0.1, 0.15) is 42.0 Å². The zero-order valence-corrected chi connectivity index (χ0v) is 17.4. The number of aromatic nitrogens is 2. The van der Waals surface area contributed by atoms with Gasteiger partial charge >= 0.3 is 0 Å². The second kappa shape index (κ2) is 6.83. The molecule has 4 heterocycles. The summed E-state index contributed by atoms with van der Waals surface area (Å²) < 4.78 is 42.9. The van der Waals surface area contributed by atoms with Crippen molar-refractivity contribution in [1.29, 1.82) is 0 Å². The minimum absolute atomic E-state index is 0.0868. The smallest absolute Gasteiger partial charge is 0.283 e. The van der Waals surface area contributed by atoms with Crippen LogP contribution in [-0.2, 0) is 15.0 Å². The number of fused-ring (bicyclic) bond motifs is 3. The molecule has 5 rings (SSSR count). The van der Waals surface area contributed by atoms with Gasteiger partial charge in [-0.3, -0.25) is 9.78 Å². The molecule has 32 heavy (non-hydrogen) atoms. The summed E-state index contributed by atoms with van der Waals surface area (Å²) in [7, 11) is 0. The number of benzene rings is 1. The number of nitrogens with two attached hydrogens (primary N) is 1. The summed E-state index contributed by atoms with van der Waals surface area (Å²) in [4.78, 5) is 24.7. The van der Waals surface area contributed by atoms with E-state index < -0.39 is 34.6 Å². The number of nitrogens with zero attached hydrogens (tertiary/aromatic N) is 3. The average molecular weight is 445 g/mol. The van der Waals surface area contributed by atoms with Crippen molar-refractivity contribution in [3.63, 3.8) is 0 Å². The van der Waals surface area contributed by atoms with Crippen molar-refractivity contribution in [3.05, 3.63) is 47.5 Å². The van der Waals surface area contributed by atoms with Crippen LogP contribution in [0.15, 0.2) is 35.6 Å². The highest BCUT2D eigenvalue weighted by Crippen LogP contribution is 2.62. The van der Waals surface area contributed by atoms with Gasteiger partial charge in [-0.1, -0.05) is 0 Å². The van der Waals surface area contributed by atoms with Gasteiger partial charge in [0, 0.05) is 11.3 Å². The van der Waals surface area contributed by atoms with Gasteiger partial charge in [-0.25, -0.2) is 18.8 Å². The first kappa shape index (κ1) is 20.6. The number of rotatable bonds is 3. The highest BCUT2D eigenvalue weighted by Gasteiger charge is 2.71. The second-order valence-electron chi connectivity index (χ2n) is 8.58. The number of carbonyl (C=O) groups excluding carboxylic acids is 1. The summed E-state index contributed by atoms with van der Waals surface area (Å²) in [5, 5.41) is 2.72. The molecular weight excluding hydrogens is 424 g/mol. The van der Waals surface area contributed by atoms with Crippen LogP contribution in [0.4, 0.5) is 14.5 Å². The Morgan fingerprint density at radius 1 is 1.19 bits per heavy atom. The van der Waals surface area contributed by atoms with E-state index in [0.29, 0.717) is 24.7 Å².